The summed E-state index contributed by atoms with van der Waals surface area (Å²) in [6, 6.07) is 12.6. The maximum atomic E-state index is 13.1. The Hall–Kier alpha value is -1.87. The van der Waals surface area contributed by atoms with Crippen LogP contribution in [0.3, 0.4) is 0 Å². The van der Waals surface area contributed by atoms with Gasteiger partial charge in [0.2, 0.25) is 0 Å². The number of hydrogen-bond acceptors (Lipinski definition) is 2. The highest BCUT2D eigenvalue weighted by Crippen LogP contribution is 2.15. The zero-order valence-corrected chi connectivity index (χ0v) is 10.2. The number of hydrogen-bond donors (Lipinski definition) is 0. The molecule has 4 heteroatoms. The van der Waals surface area contributed by atoms with E-state index in [9.17, 15) is 9.18 Å². The summed E-state index contributed by atoms with van der Waals surface area (Å²) in [5.74, 6) is -0.265. The molecule has 2 aromatic carbocycles. The van der Waals surface area contributed by atoms with E-state index in [1.165, 1.54) is 6.07 Å². The highest BCUT2D eigenvalue weighted by Gasteiger charge is 2.09. The van der Waals surface area contributed by atoms with Gasteiger partial charge in [0.05, 0.1) is 0 Å². The van der Waals surface area contributed by atoms with E-state index in [0.29, 0.717) is 5.75 Å². The molecule has 0 aliphatic rings. The molecular weight excluding hydrogens is 255 g/mol. The maximum Gasteiger partial charge on any atom is 0.200 e. The van der Waals surface area contributed by atoms with E-state index in [4.69, 9.17) is 16.3 Å². The largest absolute Gasteiger partial charge is 0.485 e. The van der Waals surface area contributed by atoms with E-state index < -0.39 is 5.82 Å². The molecule has 2 nitrogen and oxygen atoms in total. The number of ether oxygens (including phenoxy) is 1. The minimum atomic E-state index is -0.537. The first-order chi connectivity index (χ1) is 8.65. The van der Waals surface area contributed by atoms with E-state index in [-0.39, 0.29) is 23.0 Å². The first kappa shape index (κ1) is 12.6. The van der Waals surface area contributed by atoms with Gasteiger partial charge in [-0.3, -0.25) is 4.79 Å². The van der Waals surface area contributed by atoms with Crippen molar-refractivity contribution < 1.29 is 13.9 Å². The molecule has 0 aliphatic carbocycles. The SMILES string of the molecule is O=C(COc1ccccc1)c1cc(F)cc(Cl)c1. The molecule has 2 rings (SSSR count). The molecule has 0 amide bonds. The van der Waals surface area contributed by atoms with Crippen molar-refractivity contribution in [3.8, 4) is 5.75 Å². The molecule has 0 fully saturated rings. The molecule has 0 saturated heterocycles. The number of carbonyl (C=O) groups is 1. The monoisotopic (exact) mass is 264 g/mol. The molecule has 0 N–H and O–H groups in total. The van der Waals surface area contributed by atoms with Gasteiger partial charge in [-0.2, -0.15) is 0 Å². The van der Waals surface area contributed by atoms with E-state index in [1.807, 2.05) is 6.07 Å². The zero-order chi connectivity index (χ0) is 13.0. The van der Waals surface area contributed by atoms with Crippen LogP contribution in [-0.4, -0.2) is 12.4 Å². The minimum absolute atomic E-state index is 0.149. The number of Topliss-reactive ketones (excluding diaryl/α,β-unsaturated/α-hetero) is 1. The molecule has 2 aromatic rings. The van der Waals surface area contributed by atoms with Crippen LogP contribution in [0, 0.1) is 5.82 Å². The fourth-order valence-electron chi connectivity index (χ4n) is 1.46. The molecular formula is C14H10ClFO2. The van der Waals surface area contributed by atoms with Gasteiger partial charge in [0, 0.05) is 10.6 Å². The van der Waals surface area contributed by atoms with Gasteiger partial charge in [-0.1, -0.05) is 29.8 Å². The third kappa shape index (κ3) is 3.31. The maximum absolute atomic E-state index is 13.1. The smallest absolute Gasteiger partial charge is 0.200 e. The van der Waals surface area contributed by atoms with Gasteiger partial charge in [0.25, 0.3) is 0 Å². The number of para-hydroxylation sites is 1. The van der Waals surface area contributed by atoms with Gasteiger partial charge in [-0.25, -0.2) is 4.39 Å². The van der Waals surface area contributed by atoms with Gasteiger partial charge in [0.1, 0.15) is 11.6 Å². The Morgan fingerprint density at radius 3 is 2.56 bits per heavy atom. The molecule has 0 bridgehead atoms. The Labute approximate surface area is 109 Å². The highest BCUT2D eigenvalue weighted by atomic mass is 35.5. The number of rotatable bonds is 4. The second kappa shape index (κ2) is 5.65. The van der Waals surface area contributed by atoms with Crippen LogP contribution in [0.2, 0.25) is 5.02 Å². The summed E-state index contributed by atoms with van der Waals surface area (Å²) in [6.45, 7) is -0.149. The Balaban J connectivity index is 2.04. The Kier molecular flexibility index (Phi) is 3.95. The van der Waals surface area contributed by atoms with Crippen LogP contribution in [0.25, 0.3) is 0 Å². The lowest BCUT2D eigenvalue weighted by Gasteiger charge is -2.05. The van der Waals surface area contributed by atoms with Crippen molar-refractivity contribution in [2.75, 3.05) is 6.61 Å². The minimum Gasteiger partial charge on any atom is -0.485 e. The summed E-state index contributed by atoms with van der Waals surface area (Å²) in [4.78, 5) is 11.8. The Morgan fingerprint density at radius 1 is 1.17 bits per heavy atom. The van der Waals surface area contributed by atoms with Crippen molar-refractivity contribution in [1.29, 1.82) is 0 Å². The second-order valence-corrected chi connectivity index (χ2v) is 4.12. The number of benzene rings is 2. The van der Waals surface area contributed by atoms with Crippen molar-refractivity contribution in [3.63, 3.8) is 0 Å². The molecule has 0 aromatic heterocycles. The van der Waals surface area contributed by atoms with Crippen LogP contribution in [0.15, 0.2) is 48.5 Å². The van der Waals surface area contributed by atoms with E-state index in [2.05, 4.69) is 0 Å². The average molecular weight is 265 g/mol. The van der Waals surface area contributed by atoms with Gasteiger partial charge in [-0.15, -0.1) is 0 Å². The topological polar surface area (TPSA) is 26.3 Å². The normalized spacial score (nSPS) is 10.1. The Morgan fingerprint density at radius 2 is 1.89 bits per heavy atom. The van der Waals surface area contributed by atoms with Gasteiger partial charge >= 0.3 is 0 Å². The number of ketones is 1. The average Bonchev–Trinajstić information content (AvgIpc) is 2.36. The van der Waals surface area contributed by atoms with Crippen LogP contribution in [0.1, 0.15) is 10.4 Å². The van der Waals surface area contributed by atoms with Crippen LogP contribution in [0.5, 0.6) is 5.75 Å². The van der Waals surface area contributed by atoms with Gasteiger partial charge in [0.15, 0.2) is 12.4 Å². The quantitative estimate of drug-likeness (QED) is 0.787. The Bertz CT molecular complexity index is 535. The first-order valence-electron chi connectivity index (χ1n) is 5.32. The zero-order valence-electron chi connectivity index (χ0n) is 9.40. The summed E-state index contributed by atoms with van der Waals surface area (Å²) in [7, 11) is 0. The van der Waals surface area contributed by atoms with Crippen LogP contribution < -0.4 is 4.74 Å². The lowest BCUT2D eigenvalue weighted by molar-refractivity contribution is 0.0921. The third-order valence-electron chi connectivity index (χ3n) is 2.30. The fraction of sp³-hybridized carbons (Fsp3) is 0.0714. The summed E-state index contributed by atoms with van der Waals surface area (Å²) < 4.78 is 18.4. The summed E-state index contributed by atoms with van der Waals surface area (Å²) in [5.41, 5.74) is 0.205. The number of halogens is 2. The summed E-state index contributed by atoms with van der Waals surface area (Å²) in [5, 5.41) is 0.193. The summed E-state index contributed by atoms with van der Waals surface area (Å²) >= 11 is 5.68. The predicted molar refractivity (Wildman–Crippen MR) is 67.7 cm³/mol. The molecule has 0 aliphatic heterocycles. The fourth-order valence-corrected chi connectivity index (χ4v) is 1.69. The molecule has 0 spiro atoms. The molecule has 0 radical (unpaired) electrons. The third-order valence-corrected chi connectivity index (χ3v) is 2.52. The molecule has 0 saturated carbocycles. The summed E-state index contributed by atoms with van der Waals surface area (Å²) in [6.07, 6.45) is 0. The van der Waals surface area contributed by atoms with E-state index in [0.717, 1.165) is 12.1 Å². The molecule has 0 atom stereocenters. The molecule has 0 heterocycles. The molecule has 0 unspecified atom stereocenters. The number of carbonyl (C=O) groups excluding carboxylic acids is 1. The van der Waals surface area contributed by atoms with E-state index >= 15 is 0 Å². The first-order valence-corrected chi connectivity index (χ1v) is 5.70. The lowest BCUT2D eigenvalue weighted by atomic mass is 10.1. The van der Waals surface area contributed by atoms with Crippen LogP contribution in [-0.2, 0) is 0 Å². The van der Waals surface area contributed by atoms with E-state index in [1.54, 1.807) is 24.3 Å². The predicted octanol–water partition coefficient (Wildman–Crippen LogP) is 3.74. The van der Waals surface area contributed by atoms with Crippen molar-refractivity contribution in [3.05, 3.63) is 64.9 Å². The lowest BCUT2D eigenvalue weighted by Crippen LogP contribution is -2.11. The molecule has 92 valence electrons. The second-order valence-electron chi connectivity index (χ2n) is 3.68. The molecule has 18 heavy (non-hydrogen) atoms. The van der Waals surface area contributed by atoms with Gasteiger partial charge in [-0.05, 0) is 30.3 Å². The van der Waals surface area contributed by atoms with Crippen molar-refractivity contribution in [2.24, 2.45) is 0 Å². The standard InChI is InChI=1S/C14H10ClFO2/c15-11-6-10(7-12(16)8-11)14(17)9-18-13-4-2-1-3-5-13/h1-8H,9H2. The van der Waals surface area contributed by atoms with Gasteiger partial charge < -0.3 is 4.74 Å². The van der Waals surface area contributed by atoms with Crippen molar-refractivity contribution in [2.45, 2.75) is 0 Å². The van der Waals surface area contributed by atoms with Crippen molar-refractivity contribution >= 4 is 17.4 Å². The van der Waals surface area contributed by atoms with Crippen molar-refractivity contribution in [1.82, 2.24) is 0 Å². The van der Waals surface area contributed by atoms with Crippen LogP contribution in [0.4, 0.5) is 4.39 Å². The van der Waals surface area contributed by atoms with Crippen LogP contribution >= 0.6 is 11.6 Å². The highest BCUT2D eigenvalue weighted by molar-refractivity contribution is 6.31.